The van der Waals surface area contributed by atoms with Crippen LogP contribution >= 0.6 is 0 Å². The summed E-state index contributed by atoms with van der Waals surface area (Å²) in [6.07, 6.45) is -4.51. The first-order valence-corrected chi connectivity index (χ1v) is 5.56. The lowest BCUT2D eigenvalue weighted by molar-refractivity contribution is -0.137. The highest BCUT2D eigenvalue weighted by Gasteiger charge is 2.34. The highest BCUT2D eigenvalue weighted by molar-refractivity contribution is 5.99. The van der Waals surface area contributed by atoms with Gasteiger partial charge in [0.25, 0.3) is 0 Å². The summed E-state index contributed by atoms with van der Waals surface area (Å²) in [5, 5.41) is 2.88. The standard InChI is InChI=1S/C13H16F3NO/c1-12(2,3)17-8-11(18)9-6-4-5-7-10(9)13(14,15)16/h4-7,17H,8H2,1-3H3. The van der Waals surface area contributed by atoms with Crippen molar-refractivity contribution in [2.75, 3.05) is 6.54 Å². The number of nitrogens with one attached hydrogen (secondary N) is 1. The van der Waals surface area contributed by atoms with E-state index < -0.39 is 17.5 Å². The van der Waals surface area contributed by atoms with Gasteiger partial charge in [-0.15, -0.1) is 0 Å². The van der Waals surface area contributed by atoms with Gasteiger partial charge in [0.05, 0.1) is 12.1 Å². The fraction of sp³-hybridized carbons (Fsp3) is 0.462. The van der Waals surface area contributed by atoms with Crippen LogP contribution < -0.4 is 5.32 Å². The zero-order valence-corrected chi connectivity index (χ0v) is 10.6. The molecule has 0 aliphatic heterocycles. The summed E-state index contributed by atoms with van der Waals surface area (Å²) in [7, 11) is 0. The maximum absolute atomic E-state index is 12.7. The molecule has 1 rings (SSSR count). The smallest absolute Gasteiger partial charge is 0.305 e. The van der Waals surface area contributed by atoms with Crippen LogP contribution in [0.4, 0.5) is 13.2 Å². The van der Waals surface area contributed by atoms with E-state index in [4.69, 9.17) is 0 Å². The van der Waals surface area contributed by atoms with Gasteiger partial charge in [-0.1, -0.05) is 18.2 Å². The summed E-state index contributed by atoms with van der Waals surface area (Å²) < 4.78 is 38.1. The van der Waals surface area contributed by atoms with Crippen LogP contribution in [0.15, 0.2) is 24.3 Å². The summed E-state index contributed by atoms with van der Waals surface area (Å²) in [4.78, 5) is 11.8. The molecule has 100 valence electrons. The van der Waals surface area contributed by atoms with Crippen LogP contribution in [0.25, 0.3) is 0 Å². The van der Waals surface area contributed by atoms with Gasteiger partial charge in [-0.3, -0.25) is 4.79 Å². The van der Waals surface area contributed by atoms with Crippen molar-refractivity contribution in [1.29, 1.82) is 0 Å². The number of hydrogen-bond acceptors (Lipinski definition) is 2. The Balaban J connectivity index is 2.93. The normalized spacial score (nSPS) is 12.6. The Bertz CT molecular complexity index is 433. The van der Waals surface area contributed by atoms with E-state index in [-0.39, 0.29) is 17.6 Å². The maximum atomic E-state index is 12.7. The predicted octanol–water partition coefficient (Wildman–Crippen LogP) is 3.28. The van der Waals surface area contributed by atoms with Gasteiger partial charge in [-0.25, -0.2) is 0 Å². The van der Waals surface area contributed by atoms with Gasteiger partial charge in [-0.05, 0) is 26.8 Å². The first-order valence-electron chi connectivity index (χ1n) is 5.56. The van der Waals surface area contributed by atoms with E-state index in [1.165, 1.54) is 18.2 Å². The largest absolute Gasteiger partial charge is 0.417 e. The minimum absolute atomic E-state index is 0.114. The summed E-state index contributed by atoms with van der Waals surface area (Å²) in [5.74, 6) is -0.558. The topological polar surface area (TPSA) is 29.1 Å². The van der Waals surface area contributed by atoms with Crippen LogP contribution in [0.3, 0.4) is 0 Å². The SMILES string of the molecule is CC(C)(C)NCC(=O)c1ccccc1C(F)(F)F. The van der Waals surface area contributed by atoms with Crippen molar-refractivity contribution in [2.24, 2.45) is 0 Å². The van der Waals surface area contributed by atoms with Gasteiger partial charge in [0.15, 0.2) is 5.78 Å². The number of carbonyl (C=O) groups excluding carboxylic acids is 1. The van der Waals surface area contributed by atoms with Crippen LogP contribution in [-0.2, 0) is 6.18 Å². The van der Waals surface area contributed by atoms with E-state index in [9.17, 15) is 18.0 Å². The van der Waals surface area contributed by atoms with Crippen LogP contribution in [0.5, 0.6) is 0 Å². The van der Waals surface area contributed by atoms with Crippen molar-refractivity contribution >= 4 is 5.78 Å². The molecule has 0 heterocycles. The lowest BCUT2D eigenvalue weighted by Gasteiger charge is -2.20. The number of halogens is 3. The quantitative estimate of drug-likeness (QED) is 0.844. The van der Waals surface area contributed by atoms with Crippen molar-refractivity contribution in [1.82, 2.24) is 5.32 Å². The highest BCUT2D eigenvalue weighted by Crippen LogP contribution is 2.31. The van der Waals surface area contributed by atoms with Crippen molar-refractivity contribution in [3.63, 3.8) is 0 Å². The molecule has 0 saturated carbocycles. The molecule has 0 amide bonds. The molecule has 0 spiro atoms. The average Bonchev–Trinajstić information content (AvgIpc) is 2.24. The molecule has 0 aliphatic carbocycles. The molecule has 0 radical (unpaired) electrons. The van der Waals surface area contributed by atoms with Gasteiger partial charge in [0.1, 0.15) is 0 Å². The molecular formula is C13H16F3NO. The summed E-state index contributed by atoms with van der Waals surface area (Å²) in [6.45, 7) is 5.42. The van der Waals surface area contributed by atoms with Crippen molar-refractivity contribution < 1.29 is 18.0 Å². The molecule has 5 heteroatoms. The third-order valence-electron chi connectivity index (χ3n) is 2.31. The molecule has 0 fully saturated rings. The van der Waals surface area contributed by atoms with Crippen LogP contribution in [0.2, 0.25) is 0 Å². The second kappa shape index (κ2) is 5.10. The molecule has 0 atom stereocenters. The number of Topliss-reactive ketones (excluding diaryl/α,β-unsaturated/α-hetero) is 1. The number of rotatable bonds is 3. The molecule has 18 heavy (non-hydrogen) atoms. The van der Waals surface area contributed by atoms with E-state index in [0.29, 0.717) is 0 Å². The minimum Gasteiger partial charge on any atom is -0.305 e. The Kier molecular flexibility index (Phi) is 4.16. The third-order valence-corrected chi connectivity index (χ3v) is 2.31. The van der Waals surface area contributed by atoms with Crippen LogP contribution in [-0.4, -0.2) is 17.9 Å². The van der Waals surface area contributed by atoms with E-state index >= 15 is 0 Å². The molecule has 0 aromatic heterocycles. The summed E-state index contributed by atoms with van der Waals surface area (Å²) in [5.41, 5.74) is -1.49. The lowest BCUT2D eigenvalue weighted by atomic mass is 10.0. The Morgan fingerprint density at radius 2 is 1.72 bits per heavy atom. The fourth-order valence-electron chi connectivity index (χ4n) is 1.41. The second-order valence-corrected chi connectivity index (χ2v) is 5.07. The number of benzene rings is 1. The number of alkyl halides is 3. The molecule has 1 aromatic carbocycles. The van der Waals surface area contributed by atoms with Gasteiger partial charge in [0, 0.05) is 11.1 Å². The molecule has 0 saturated heterocycles. The number of hydrogen-bond donors (Lipinski definition) is 1. The molecule has 1 aromatic rings. The zero-order chi connectivity index (χ0) is 14.0. The fourth-order valence-corrected chi connectivity index (χ4v) is 1.41. The Morgan fingerprint density at radius 1 is 1.17 bits per heavy atom. The van der Waals surface area contributed by atoms with Crippen molar-refractivity contribution in [3.05, 3.63) is 35.4 Å². The average molecular weight is 259 g/mol. The monoisotopic (exact) mass is 259 g/mol. The predicted molar refractivity (Wildman–Crippen MR) is 63.5 cm³/mol. The lowest BCUT2D eigenvalue weighted by Crippen LogP contribution is -2.39. The number of ketones is 1. The number of carbonyl (C=O) groups is 1. The molecule has 1 N–H and O–H groups in total. The van der Waals surface area contributed by atoms with E-state index in [0.717, 1.165) is 6.07 Å². The second-order valence-electron chi connectivity index (χ2n) is 5.07. The Labute approximate surface area is 104 Å². The van der Waals surface area contributed by atoms with E-state index in [2.05, 4.69) is 5.32 Å². The molecule has 0 aliphatic rings. The van der Waals surface area contributed by atoms with Gasteiger partial charge < -0.3 is 5.32 Å². The summed E-state index contributed by atoms with van der Waals surface area (Å²) in [6, 6.07) is 4.83. The van der Waals surface area contributed by atoms with Gasteiger partial charge >= 0.3 is 6.18 Å². The Morgan fingerprint density at radius 3 is 2.22 bits per heavy atom. The molecular weight excluding hydrogens is 243 g/mol. The zero-order valence-electron chi connectivity index (χ0n) is 10.6. The molecule has 0 unspecified atom stereocenters. The van der Waals surface area contributed by atoms with Gasteiger partial charge in [-0.2, -0.15) is 13.2 Å². The highest BCUT2D eigenvalue weighted by atomic mass is 19.4. The first kappa shape index (κ1) is 14.7. The van der Waals surface area contributed by atoms with E-state index in [1.54, 1.807) is 0 Å². The van der Waals surface area contributed by atoms with Gasteiger partial charge in [0.2, 0.25) is 0 Å². The molecule has 2 nitrogen and oxygen atoms in total. The van der Waals surface area contributed by atoms with E-state index in [1.807, 2.05) is 20.8 Å². The van der Waals surface area contributed by atoms with Crippen LogP contribution in [0, 0.1) is 0 Å². The molecule has 0 bridgehead atoms. The maximum Gasteiger partial charge on any atom is 0.417 e. The Hall–Kier alpha value is -1.36. The minimum atomic E-state index is -4.51. The third kappa shape index (κ3) is 4.14. The van der Waals surface area contributed by atoms with Crippen molar-refractivity contribution in [3.8, 4) is 0 Å². The van der Waals surface area contributed by atoms with Crippen molar-refractivity contribution in [2.45, 2.75) is 32.5 Å². The summed E-state index contributed by atoms with van der Waals surface area (Å²) >= 11 is 0. The first-order chi connectivity index (χ1) is 8.11. The van der Waals surface area contributed by atoms with Crippen LogP contribution in [0.1, 0.15) is 36.7 Å².